The van der Waals surface area contributed by atoms with E-state index in [2.05, 4.69) is 36.8 Å². The first-order chi connectivity index (χ1) is 20.8. The molecule has 44 heavy (non-hydrogen) atoms. The first-order valence-corrected chi connectivity index (χ1v) is 15.8. The van der Waals surface area contributed by atoms with E-state index in [1.165, 1.54) is 0 Å². The van der Waals surface area contributed by atoms with Crippen LogP contribution in [0.15, 0.2) is 24.3 Å². The number of hydrogen-bond acceptors (Lipinski definition) is 6. The highest BCUT2D eigenvalue weighted by Gasteiger charge is 2.23. The van der Waals surface area contributed by atoms with E-state index in [1.807, 2.05) is 39.0 Å². The number of aryl methyl sites for hydroxylation is 2. The Bertz CT molecular complexity index is 1930. The monoisotopic (exact) mass is 630 g/mol. The largest absolute Gasteiger partial charge is 0.481 e. The molecule has 8 bridgehead atoms. The van der Waals surface area contributed by atoms with E-state index in [0.717, 1.165) is 78.0 Å². The van der Waals surface area contributed by atoms with Crippen molar-refractivity contribution < 1.29 is 19.8 Å². The lowest BCUT2D eigenvalue weighted by Crippen LogP contribution is -1.97. The molecule has 4 N–H and O–H groups in total. The molecule has 230 valence electrons. The standard InChI is InChI=1S/C34H38N4O4S2/c1-15-21(7-9-31(39)40)27-14-28-22(8-10-32(41)42)16(2)24(36-28)12-29-34(20(6)44)18(4)26(38-29)13-30-33(19(5)43)17(3)25(37-30)11-23(15)35-27/h11-14,19-20,37-38,43-44H,7-10H2,1-6H3,(H,39,40)(H,41,42). The predicted molar refractivity (Wildman–Crippen MR) is 184 cm³/mol. The number of aromatic amines is 2. The highest BCUT2D eigenvalue weighted by atomic mass is 32.1. The highest BCUT2D eigenvalue weighted by molar-refractivity contribution is 7.80. The summed E-state index contributed by atoms with van der Waals surface area (Å²) < 4.78 is 0. The molecule has 0 aromatic carbocycles. The minimum Gasteiger partial charge on any atom is -0.481 e. The molecule has 3 aromatic heterocycles. The number of allylic oxidation sites excluding steroid dienone is 4. The summed E-state index contributed by atoms with van der Waals surface area (Å²) in [4.78, 5) is 40.4. The summed E-state index contributed by atoms with van der Waals surface area (Å²) in [6, 6.07) is 8.02. The van der Waals surface area contributed by atoms with Gasteiger partial charge in [0.1, 0.15) is 0 Å². The summed E-state index contributed by atoms with van der Waals surface area (Å²) in [5, 5.41) is 18.9. The number of H-pyrrole nitrogens is 2. The number of rotatable bonds is 8. The zero-order chi connectivity index (χ0) is 32.0. The van der Waals surface area contributed by atoms with Gasteiger partial charge < -0.3 is 20.2 Å². The van der Waals surface area contributed by atoms with Crippen molar-refractivity contribution in [1.29, 1.82) is 0 Å². The Morgan fingerprint density at radius 1 is 0.659 bits per heavy atom. The van der Waals surface area contributed by atoms with E-state index in [4.69, 9.17) is 35.2 Å². The minimum atomic E-state index is -0.886. The third-order valence-corrected chi connectivity index (χ3v) is 9.16. The van der Waals surface area contributed by atoms with Gasteiger partial charge in [-0.1, -0.05) is 0 Å². The Balaban J connectivity index is 1.95. The first kappa shape index (κ1) is 31.7. The molecule has 0 saturated carbocycles. The van der Waals surface area contributed by atoms with Crippen molar-refractivity contribution in [2.45, 2.75) is 77.7 Å². The second kappa shape index (κ2) is 12.3. The van der Waals surface area contributed by atoms with Crippen LogP contribution < -0.4 is 0 Å². The molecule has 5 heterocycles. The zero-order valence-corrected chi connectivity index (χ0v) is 27.6. The molecule has 2 unspecified atom stereocenters. The average molecular weight is 631 g/mol. The Kier molecular flexibility index (Phi) is 8.87. The van der Waals surface area contributed by atoms with Gasteiger partial charge in [-0.05, 0) is 123 Å². The number of carboxylic acid groups (broad SMARTS) is 2. The maximum Gasteiger partial charge on any atom is 0.303 e. The van der Waals surface area contributed by atoms with Crippen LogP contribution in [0.3, 0.4) is 0 Å². The van der Waals surface area contributed by atoms with Gasteiger partial charge in [0.25, 0.3) is 0 Å². The zero-order valence-electron chi connectivity index (χ0n) is 25.8. The molecule has 5 rings (SSSR count). The summed E-state index contributed by atoms with van der Waals surface area (Å²) in [6.07, 6.45) is 0.549. The second-order valence-corrected chi connectivity index (χ2v) is 13.2. The van der Waals surface area contributed by atoms with Gasteiger partial charge in [-0.3, -0.25) is 9.59 Å². The quantitative estimate of drug-likeness (QED) is 0.138. The Hall–Kier alpha value is -3.76. The molecule has 2 atom stereocenters. The van der Waals surface area contributed by atoms with Crippen molar-refractivity contribution in [1.82, 2.24) is 19.9 Å². The van der Waals surface area contributed by atoms with Gasteiger partial charge in [-0.25, -0.2) is 9.97 Å². The molecular formula is C34H38N4O4S2. The van der Waals surface area contributed by atoms with E-state index in [1.54, 1.807) is 0 Å². The van der Waals surface area contributed by atoms with Gasteiger partial charge in [0.2, 0.25) is 0 Å². The lowest BCUT2D eigenvalue weighted by atomic mass is 9.98. The molecule has 2 aliphatic heterocycles. The molecule has 0 saturated heterocycles. The van der Waals surface area contributed by atoms with Crippen molar-refractivity contribution in [2.24, 2.45) is 0 Å². The number of aliphatic carboxylic acids is 2. The maximum absolute atomic E-state index is 11.6. The fourth-order valence-electron chi connectivity index (χ4n) is 6.32. The van der Waals surface area contributed by atoms with Gasteiger partial charge >= 0.3 is 11.9 Å². The molecule has 0 fully saturated rings. The van der Waals surface area contributed by atoms with Crippen molar-refractivity contribution in [3.63, 3.8) is 0 Å². The molecule has 3 aromatic rings. The lowest BCUT2D eigenvalue weighted by molar-refractivity contribution is -0.137. The Morgan fingerprint density at radius 2 is 1.05 bits per heavy atom. The van der Waals surface area contributed by atoms with Gasteiger partial charge in [-0.15, -0.1) is 0 Å². The van der Waals surface area contributed by atoms with Crippen LogP contribution in [0.1, 0.15) is 109 Å². The number of thiol groups is 2. The molecular weight excluding hydrogens is 593 g/mol. The van der Waals surface area contributed by atoms with Crippen LogP contribution in [0.2, 0.25) is 0 Å². The summed E-state index contributed by atoms with van der Waals surface area (Å²) in [5.41, 5.74) is 14.2. The van der Waals surface area contributed by atoms with Gasteiger partial charge in [0.05, 0.1) is 22.8 Å². The maximum atomic E-state index is 11.6. The van der Waals surface area contributed by atoms with Crippen LogP contribution in [0, 0.1) is 13.8 Å². The fraction of sp³-hybridized carbons (Fsp3) is 0.353. The average Bonchev–Trinajstić information content (AvgIpc) is 3.59. The van der Waals surface area contributed by atoms with E-state index in [0.29, 0.717) is 24.2 Å². The third-order valence-electron chi connectivity index (χ3n) is 8.65. The Morgan fingerprint density at radius 3 is 1.45 bits per heavy atom. The SMILES string of the molecule is CC1=C(CCC(=O)O)c2cc3nc(cc4[nH]c(cc5[nH]c(cc1n2)c(C)c5C(C)S)c(C)c4C(C)S)C(C)=C3CCC(=O)O. The van der Waals surface area contributed by atoms with E-state index < -0.39 is 11.9 Å². The number of aromatic nitrogens is 4. The topological polar surface area (TPSA) is 132 Å². The van der Waals surface area contributed by atoms with Gasteiger partial charge in [0.15, 0.2) is 0 Å². The summed E-state index contributed by atoms with van der Waals surface area (Å²) >= 11 is 9.64. The van der Waals surface area contributed by atoms with E-state index in [9.17, 15) is 19.8 Å². The Labute approximate surface area is 267 Å². The van der Waals surface area contributed by atoms with E-state index in [-0.39, 0.29) is 23.3 Å². The smallest absolute Gasteiger partial charge is 0.303 e. The molecule has 2 aliphatic rings. The van der Waals surface area contributed by atoms with Crippen LogP contribution in [0.25, 0.3) is 44.4 Å². The third kappa shape index (κ3) is 5.97. The molecule has 0 spiro atoms. The van der Waals surface area contributed by atoms with Crippen LogP contribution in [-0.4, -0.2) is 42.1 Å². The summed E-state index contributed by atoms with van der Waals surface area (Å²) in [6.45, 7) is 12.2. The minimum absolute atomic E-state index is 0.0338. The number of carbonyl (C=O) groups is 2. The first-order valence-electron chi connectivity index (χ1n) is 14.7. The van der Waals surface area contributed by atoms with Crippen LogP contribution in [0.4, 0.5) is 0 Å². The van der Waals surface area contributed by atoms with Crippen molar-refractivity contribution in [3.8, 4) is 0 Å². The van der Waals surface area contributed by atoms with Crippen molar-refractivity contribution in [2.75, 3.05) is 0 Å². The van der Waals surface area contributed by atoms with Gasteiger partial charge in [0, 0.05) is 45.4 Å². The lowest BCUT2D eigenvalue weighted by Gasteiger charge is -2.05. The van der Waals surface area contributed by atoms with Crippen LogP contribution in [-0.2, 0) is 9.59 Å². The highest BCUT2D eigenvalue weighted by Crippen LogP contribution is 2.39. The molecule has 10 heteroatoms. The predicted octanol–water partition coefficient (Wildman–Crippen LogP) is 8.50. The second-order valence-electron chi connectivity index (χ2n) is 11.7. The van der Waals surface area contributed by atoms with Crippen molar-refractivity contribution >= 4 is 81.6 Å². The molecule has 0 amide bonds. The van der Waals surface area contributed by atoms with Crippen LogP contribution >= 0.6 is 25.3 Å². The molecule has 8 nitrogen and oxygen atoms in total. The summed E-state index contributed by atoms with van der Waals surface area (Å²) in [5.74, 6) is -1.77. The normalized spacial score (nSPS) is 14.7. The van der Waals surface area contributed by atoms with Crippen LogP contribution in [0.5, 0.6) is 0 Å². The molecule has 0 aliphatic carbocycles. The number of fused-ring (bicyclic) bond motifs is 8. The number of carboxylic acids is 2. The van der Waals surface area contributed by atoms with Crippen molar-refractivity contribution in [3.05, 3.63) is 69.3 Å². The molecule has 0 radical (unpaired) electrons. The number of nitrogens with one attached hydrogen (secondary N) is 2. The van der Waals surface area contributed by atoms with E-state index >= 15 is 0 Å². The van der Waals surface area contributed by atoms with Gasteiger partial charge in [-0.2, -0.15) is 25.3 Å². The fourth-order valence-corrected chi connectivity index (χ4v) is 6.98. The summed E-state index contributed by atoms with van der Waals surface area (Å²) in [7, 11) is 0. The number of hydrogen-bond donors (Lipinski definition) is 6. The number of nitrogens with zero attached hydrogens (tertiary/aromatic N) is 2.